The summed E-state index contributed by atoms with van der Waals surface area (Å²) in [4.78, 5) is 18.2. The maximum absolute atomic E-state index is 13.3. The van der Waals surface area contributed by atoms with Gasteiger partial charge < -0.3 is 15.2 Å². The zero-order valence-corrected chi connectivity index (χ0v) is 17.9. The van der Waals surface area contributed by atoms with Crippen LogP contribution in [0.5, 0.6) is 0 Å². The first-order valence-electron chi connectivity index (χ1n) is 10.2. The fraction of sp³-hybridized carbons (Fsp3) is 0.250. The van der Waals surface area contributed by atoms with Crippen LogP contribution in [-0.4, -0.2) is 28.9 Å². The minimum Gasteiger partial charge on any atom is -0.355 e. The van der Waals surface area contributed by atoms with E-state index in [1.165, 1.54) is 24.3 Å². The van der Waals surface area contributed by atoms with Crippen molar-refractivity contribution in [3.05, 3.63) is 87.7 Å². The Hall–Kier alpha value is -3.06. The van der Waals surface area contributed by atoms with Crippen LogP contribution in [0.3, 0.4) is 0 Å². The smallest absolute Gasteiger partial charge is 0.257 e. The summed E-state index contributed by atoms with van der Waals surface area (Å²) in [7, 11) is 0. The average molecular weight is 440 g/mol. The maximum atomic E-state index is 13.3. The molecule has 1 aromatic heterocycles. The van der Waals surface area contributed by atoms with Gasteiger partial charge in [-0.15, -0.1) is 0 Å². The van der Waals surface area contributed by atoms with Crippen LogP contribution in [0.2, 0.25) is 0 Å². The van der Waals surface area contributed by atoms with Crippen LogP contribution in [0, 0.1) is 23.2 Å². The van der Waals surface area contributed by atoms with Gasteiger partial charge in [0.15, 0.2) is 0 Å². The van der Waals surface area contributed by atoms with Gasteiger partial charge in [-0.25, -0.2) is 8.78 Å². The van der Waals surface area contributed by atoms with Crippen LogP contribution in [0.1, 0.15) is 40.2 Å². The van der Waals surface area contributed by atoms with Gasteiger partial charge in [0.05, 0.1) is 11.3 Å². The maximum Gasteiger partial charge on any atom is 0.257 e. The topological polar surface area (TPSA) is 48.1 Å². The van der Waals surface area contributed by atoms with Crippen molar-refractivity contribution < 1.29 is 13.6 Å². The second kappa shape index (κ2) is 8.98. The second-order valence-corrected chi connectivity index (χ2v) is 8.19. The first kappa shape index (κ1) is 21.2. The van der Waals surface area contributed by atoms with Crippen molar-refractivity contribution in [2.24, 2.45) is 0 Å². The lowest BCUT2D eigenvalue weighted by molar-refractivity contribution is 0.0713. The fourth-order valence-corrected chi connectivity index (χ4v) is 4.12. The van der Waals surface area contributed by atoms with Crippen LogP contribution in [0.4, 0.5) is 20.2 Å². The van der Waals surface area contributed by atoms with Gasteiger partial charge in [0.1, 0.15) is 16.3 Å². The molecule has 0 atom stereocenters. The molecule has 1 fully saturated rings. The van der Waals surface area contributed by atoms with E-state index in [-0.39, 0.29) is 17.5 Å². The van der Waals surface area contributed by atoms with Crippen molar-refractivity contribution in [1.82, 2.24) is 9.88 Å². The molecule has 0 spiro atoms. The van der Waals surface area contributed by atoms with E-state index in [9.17, 15) is 13.6 Å². The van der Waals surface area contributed by atoms with Crippen molar-refractivity contribution in [3.8, 4) is 0 Å². The number of aromatic nitrogens is 1. The van der Waals surface area contributed by atoms with E-state index in [4.69, 9.17) is 12.2 Å². The summed E-state index contributed by atoms with van der Waals surface area (Å²) in [5.74, 6) is -0.344. The molecule has 4 rings (SSSR count). The molecule has 0 aliphatic carbocycles. The monoisotopic (exact) mass is 439 g/mol. The Morgan fingerprint density at radius 2 is 1.61 bits per heavy atom. The number of aromatic amines is 1. The summed E-state index contributed by atoms with van der Waals surface area (Å²) < 4.78 is 27.0. The number of nitrogens with one attached hydrogen (secondary N) is 2. The van der Waals surface area contributed by atoms with Gasteiger partial charge in [-0.05, 0) is 67.6 Å². The van der Waals surface area contributed by atoms with E-state index in [2.05, 4.69) is 10.3 Å². The number of piperidine rings is 1. The van der Waals surface area contributed by atoms with E-state index in [1.54, 1.807) is 18.3 Å². The summed E-state index contributed by atoms with van der Waals surface area (Å²) in [5.41, 5.74) is 3.66. The zero-order valence-electron chi connectivity index (χ0n) is 17.1. The molecular formula is C24H23F2N3OS. The van der Waals surface area contributed by atoms with Crippen molar-refractivity contribution in [1.29, 1.82) is 0 Å². The number of carbonyl (C=O) groups is 1. The standard InChI is InChI=1S/C24H23F2N3OS/c1-15-22(28-20-8-6-19(26)7-9-20)21(14-27-23(15)31)24(30)29-12-10-17(11-13-29)16-2-4-18(25)5-3-16/h2-9,14,17H,10-13H2,1H3,(H2,27,28,31). The molecule has 31 heavy (non-hydrogen) atoms. The molecule has 4 nitrogen and oxygen atoms in total. The minimum absolute atomic E-state index is 0.0866. The van der Waals surface area contributed by atoms with Gasteiger partial charge in [-0.3, -0.25) is 4.79 Å². The summed E-state index contributed by atoms with van der Waals surface area (Å²) >= 11 is 5.35. The highest BCUT2D eigenvalue weighted by Gasteiger charge is 2.27. The van der Waals surface area contributed by atoms with E-state index >= 15 is 0 Å². The number of hydrogen-bond donors (Lipinski definition) is 2. The Bertz CT molecular complexity index is 1130. The van der Waals surface area contributed by atoms with Crippen LogP contribution in [-0.2, 0) is 0 Å². The number of amides is 1. The first-order valence-corrected chi connectivity index (χ1v) is 10.6. The first-order chi connectivity index (χ1) is 14.9. The Morgan fingerprint density at radius 1 is 1.03 bits per heavy atom. The van der Waals surface area contributed by atoms with Crippen LogP contribution in [0.15, 0.2) is 54.7 Å². The Labute approximate surface area is 184 Å². The third-order valence-corrected chi connectivity index (χ3v) is 6.22. The third kappa shape index (κ3) is 4.66. The van der Waals surface area contributed by atoms with Crippen molar-refractivity contribution in [2.45, 2.75) is 25.7 Å². The van der Waals surface area contributed by atoms with E-state index in [0.717, 1.165) is 24.0 Å². The molecule has 2 aromatic carbocycles. The van der Waals surface area contributed by atoms with E-state index < -0.39 is 0 Å². The lowest BCUT2D eigenvalue weighted by Crippen LogP contribution is -2.38. The predicted octanol–water partition coefficient (Wildman–Crippen LogP) is 6.09. The van der Waals surface area contributed by atoms with Crippen LogP contribution < -0.4 is 5.32 Å². The highest BCUT2D eigenvalue weighted by atomic mass is 32.1. The SMILES string of the molecule is Cc1c(Nc2ccc(F)cc2)c(C(=O)N2CCC(c3ccc(F)cc3)CC2)c[nH]c1=S. The van der Waals surface area contributed by atoms with Crippen LogP contribution >= 0.6 is 12.2 Å². The van der Waals surface area contributed by atoms with Gasteiger partial charge in [-0.1, -0.05) is 24.4 Å². The molecule has 7 heteroatoms. The molecule has 1 aliphatic rings. The van der Waals surface area contributed by atoms with Gasteiger partial charge in [0.2, 0.25) is 0 Å². The third-order valence-electron chi connectivity index (χ3n) is 5.80. The number of nitrogens with zero attached hydrogens (tertiary/aromatic N) is 1. The molecule has 2 heterocycles. The van der Waals surface area contributed by atoms with Gasteiger partial charge in [0.25, 0.3) is 5.91 Å². The molecule has 0 saturated carbocycles. The van der Waals surface area contributed by atoms with Gasteiger partial charge >= 0.3 is 0 Å². The number of rotatable bonds is 4. The molecule has 1 amide bonds. The quantitative estimate of drug-likeness (QED) is 0.483. The number of pyridine rings is 1. The normalized spacial score (nSPS) is 14.5. The highest BCUT2D eigenvalue weighted by Crippen LogP contribution is 2.31. The Morgan fingerprint density at radius 3 is 2.23 bits per heavy atom. The predicted molar refractivity (Wildman–Crippen MR) is 120 cm³/mol. The van der Waals surface area contributed by atoms with Crippen molar-refractivity contribution in [3.63, 3.8) is 0 Å². The van der Waals surface area contributed by atoms with Gasteiger partial charge in [-0.2, -0.15) is 0 Å². The largest absolute Gasteiger partial charge is 0.355 e. The zero-order chi connectivity index (χ0) is 22.0. The van der Waals surface area contributed by atoms with E-state index in [0.29, 0.717) is 40.6 Å². The summed E-state index contributed by atoms with van der Waals surface area (Å²) in [6, 6.07) is 12.6. The fourth-order valence-electron chi connectivity index (χ4n) is 3.96. The molecule has 1 saturated heterocycles. The molecule has 0 bridgehead atoms. The second-order valence-electron chi connectivity index (χ2n) is 7.78. The lowest BCUT2D eigenvalue weighted by atomic mass is 9.89. The molecule has 160 valence electrons. The number of anilines is 2. The highest BCUT2D eigenvalue weighted by molar-refractivity contribution is 7.71. The number of likely N-dealkylation sites (tertiary alicyclic amines) is 1. The Kier molecular flexibility index (Phi) is 6.13. The number of halogens is 2. The summed E-state index contributed by atoms with van der Waals surface area (Å²) in [5, 5.41) is 3.23. The summed E-state index contributed by atoms with van der Waals surface area (Å²) in [6.45, 7) is 3.08. The number of H-pyrrole nitrogens is 1. The van der Waals surface area contributed by atoms with Crippen LogP contribution in [0.25, 0.3) is 0 Å². The number of carbonyl (C=O) groups excluding carboxylic acids is 1. The lowest BCUT2D eigenvalue weighted by Gasteiger charge is -2.33. The van der Waals surface area contributed by atoms with E-state index in [1.807, 2.05) is 24.0 Å². The molecule has 1 aliphatic heterocycles. The van der Waals surface area contributed by atoms with Crippen molar-refractivity contribution >= 4 is 29.5 Å². The number of benzene rings is 2. The molecule has 2 N–H and O–H groups in total. The number of hydrogen-bond acceptors (Lipinski definition) is 3. The Balaban J connectivity index is 1.53. The molecule has 3 aromatic rings. The molecule has 0 unspecified atom stereocenters. The average Bonchev–Trinajstić information content (AvgIpc) is 2.79. The summed E-state index contributed by atoms with van der Waals surface area (Å²) in [6.07, 6.45) is 3.27. The van der Waals surface area contributed by atoms with Crippen molar-refractivity contribution in [2.75, 3.05) is 18.4 Å². The molecule has 0 radical (unpaired) electrons. The van der Waals surface area contributed by atoms with Gasteiger partial charge in [0, 0.05) is 30.5 Å². The molecular weight excluding hydrogens is 416 g/mol. The minimum atomic E-state index is -0.326.